The first-order valence-corrected chi connectivity index (χ1v) is 5.59. The number of halogens is 1. The fourth-order valence-electron chi connectivity index (χ4n) is 1.31. The summed E-state index contributed by atoms with van der Waals surface area (Å²) < 4.78 is 6.03. The van der Waals surface area contributed by atoms with Crippen molar-refractivity contribution in [2.24, 2.45) is 15.3 Å². The number of rotatable bonds is 3. The average Bonchev–Trinajstić information content (AvgIpc) is 2.72. The third kappa shape index (κ3) is 2.68. The van der Waals surface area contributed by atoms with Crippen LogP contribution >= 0.6 is 15.9 Å². The Labute approximate surface area is 106 Å². The molecule has 0 aromatic heterocycles. The fourth-order valence-corrected chi connectivity index (χ4v) is 1.84. The second kappa shape index (κ2) is 5.05. The number of carbonyl (C=O) groups excluding carboxylic acids is 1. The molecule has 1 aliphatic heterocycles. The van der Waals surface area contributed by atoms with E-state index in [1.54, 1.807) is 7.11 Å². The maximum absolute atomic E-state index is 10.8. The molecule has 0 unspecified atom stereocenters. The molecule has 88 valence electrons. The Morgan fingerprint density at radius 2 is 2.29 bits per heavy atom. The van der Waals surface area contributed by atoms with Crippen molar-refractivity contribution in [3.05, 3.63) is 22.7 Å². The number of benzene rings is 1. The Hall–Kier alpha value is -1.76. The Kier molecular flexibility index (Phi) is 3.48. The number of hydrazone groups is 1. The molecular formula is C10H9BrN4O2. The lowest BCUT2D eigenvalue weighted by atomic mass is 10.3. The van der Waals surface area contributed by atoms with Crippen LogP contribution < -0.4 is 10.2 Å². The maximum Gasteiger partial charge on any atom is 0.272 e. The van der Waals surface area contributed by atoms with Gasteiger partial charge in [0.25, 0.3) is 5.91 Å². The van der Waals surface area contributed by atoms with E-state index >= 15 is 0 Å². The van der Waals surface area contributed by atoms with E-state index in [1.807, 2.05) is 18.2 Å². The molecule has 1 aromatic rings. The standard InChI is InChI=1S/C10H9BrN4O2/c1-17-10-6(11)3-2-4-7(10)12-13-8-5-9(16)15-14-8/h2-4,12H,5H2,1H3. The summed E-state index contributed by atoms with van der Waals surface area (Å²) in [4.78, 5) is 10.8. The number of hydrogen-bond acceptors (Lipinski definition) is 4. The summed E-state index contributed by atoms with van der Waals surface area (Å²) in [6.07, 6.45) is 0.128. The van der Waals surface area contributed by atoms with Crippen molar-refractivity contribution < 1.29 is 9.53 Å². The lowest BCUT2D eigenvalue weighted by molar-refractivity contribution is -0.116. The molecule has 1 aromatic carbocycles. The Bertz CT molecular complexity index is 513. The lowest BCUT2D eigenvalue weighted by Gasteiger charge is -2.09. The van der Waals surface area contributed by atoms with E-state index in [-0.39, 0.29) is 12.3 Å². The van der Waals surface area contributed by atoms with Gasteiger partial charge in [-0.2, -0.15) is 5.10 Å². The topological polar surface area (TPSA) is 75.4 Å². The van der Waals surface area contributed by atoms with Crippen LogP contribution in [0.3, 0.4) is 0 Å². The predicted octanol–water partition coefficient (Wildman–Crippen LogP) is 2.57. The number of amidine groups is 1. The van der Waals surface area contributed by atoms with Gasteiger partial charge in [0.1, 0.15) is 0 Å². The van der Waals surface area contributed by atoms with E-state index in [1.165, 1.54) is 0 Å². The third-order valence-electron chi connectivity index (χ3n) is 2.06. The smallest absolute Gasteiger partial charge is 0.272 e. The van der Waals surface area contributed by atoms with Crippen LogP contribution in [0, 0.1) is 0 Å². The van der Waals surface area contributed by atoms with E-state index in [9.17, 15) is 4.79 Å². The van der Waals surface area contributed by atoms with E-state index in [4.69, 9.17) is 4.74 Å². The highest BCUT2D eigenvalue weighted by atomic mass is 79.9. The number of methoxy groups -OCH3 is 1. The minimum absolute atomic E-state index is 0.128. The quantitative estimate of drug-likeness (QED) is 0.871. The van der Waals surface area contributed by atoms with Crippen LogP contribution in [0.15, 0.2) is 38.0 Å². The van der Waals surface area contributed by atoms with Crippen LogP contribution in [0.25, 0.3) is 0 Å². The molecule has 0 radical (unpaired) electrons. The summed E-state index contributed by atoms with van der Waals surface area (Å²) in [5, 5.41) is 11.0. The van der Waals surface area contributed by atoms with Crippen LogP contribution in [-0.2, 0) is 4.79 Å². The summed E-state index contributed by atoms with van der Waals surface area (Å²) in [6, 6.07) is 5.51. The molecular weight excluding hydrogens is 288 g/mol. The van der Waals surface area contributed by atoms with Gasteiger partial charge in [0.15, 0.2) is 11.6 Å². The number of ether oxygens (including phenoxy) is 1. The van der Waals surface area contributed by atoms with Gasteiger partial charge in [-0.3, -0.25) is 10.2 Å². The zero-order valence-electron chi connectivity index (χ0n) is 8.98. The molecule has 17 heavy (non-hydrogen) atoms. The van der Waals surface area contributed by atoms with Crippen molar-refractivity contribution in [2.45, 2.75) is 6.42 Å². The minimum atomic E-state index is -0.285. The molecule has 0 fully saturated rings. The van der Waals surface area contributed by atoms with Gasteiger partial charge in [-0.15, -0.1) is 10.2 Å². The second-order valence-corrected chi connectivity index (χ2v) is 4.09. The van der Waals surface area contributed by atoms with Gasteiger partial charge in [0, 0.05) is 0 Å². The van der Waals surface area contributed by atoms with Crippen molar-refractivity contribution in [3.8, 4) is 5.75 Å². The highest BCUT2D eigenvalue weighted by molar-refractivity contribution is 9.10. The van der Waals surface area contributed by atoms with E-state index in [0.717, 1.165) is 4.47 Å². The number of nitrogens with one attached hydrogen (secondary N) is 1. The lowest BCUT2D eigenvalue weighted by Crippen LogP contribution is -2.00. The van der Waals surface area contributed by atoms with Crippen LogP contribution in [0.2, 0.25) is 0 Å². The zero-order chi connectivity index (χ0) is 12.3. The van der Waals surface area contributed by atoms with Gasteiger partial charge in [0.05, 0.1) is 23.7 Å². The van der Waals surface area contributed by atoms with Crippen LogP contribution in [0.5, 0.6) is 5.75 Å². The number of azo groups is 1. The third-order valence-corrected chi connectivity index (χ3v) is 2.69. The van der Waals surface area contributed by atoms with Gasteiger partial charge in [-0.25, -0.2) is 0 Å². The maximum atomic E-state index is 10.8. The summed E-state index contributed by atoms with van der Waals surface area (Å²) >= 11 is 3.36. The van der Waals surface area contributed by atoms with Crippen molar-refractivity contribution in [3.63, 3.8) is 0 Å². The molecule has 0 spiro atoms. The Morgan fingerprint density at radius 3 is 2.94 bits per heavy atom. The molecule has 1 heterocycles. The predicted molar refractivity (Wildman–Crippen MR) is 66.2 cm³/mol. The fraction of sp³-hybridized carbons (Fsp3) is 0.200. The highest BCUT2D eigenvalue weighted by Gasteiger charge is 2.14. The number of hydrogen-bond donors (Lipinski definition) is 1. The summed E-state index contributed by atoms with van der Waals surface area (Å²) in [5.41, 5.74) is 3.48. The van der Waals surface area contributed by atoms with Crippen molar-refractivity contribution in [1.29, 1.82) is 0 Å². The van der Waals surface area contributed by atoms with Crippen LogP contribution in [0.4, 0.5) is 5.69 Å². The molecule has 6 nitrogen and oxygen atoms in total. The molecule has 0 saturated carbocycles. The van der Waals surface area contributed by atoms with Gasteiger partial charge in [-0.05, 0) is 28.1 Å². The summed E-state index contributed by atoms with van der Waals surface area (Å²) in [7, 11) is 1.57. The molecule has 1 amide bonds. The van der Waals surface area contributed by atoms with Crippen LogP contribution in [0.1, 0.15) is 6.42 Å². The first-order chi connectivity index (χ1) is 8.20. The van der Waals surface area contributed by atoms with Gasteiger partial charge in [-0.1, -0.05) is 6.07 Å². The number of amides is 1. The first-order valence-electron chi connectivity index (χ1n) is 4.80. The van der Waals surface area contributed by atoms with Gasteiger partial charge < -0.3 is 4.74 Å². The zero-order valence-corrected chi connectivity index (χ0v) is 10.6. The Morgan fingerprint density at radius 1 is 1.47 bits per heavy atom. The molecule has 7 heteroatoms. The highest BCUT2D eigenvalue weighted by Crippen LogP contribution is 2.32. The SMILES string of the molecule is COc1c(Br)cccc1NN=C1CC(=O)N=N1. The van der Waals surface area contributed by atoms with Gasteiger partial charge >= 0.3 is 0 Å². The summed E-state index contributed by atoms with van der Waals surface area (Å²) in [6.45, 7) is 0. The normalized spacial score (nSPS) is 16.6. The molecule has 0 saturated heterocycles. The first kappa shape index (κ1) is 11.7. The molecule has 1 N–H and O–H groups in total. The largest absolute Gasteiger partial charge is 0.493 e. The molecule has 2 rings (SSSR count). The van der Waals surface area contributed by atoms with Crippen molar-refractivity contribution >= 4 is 33.4 Å². The molecule has 1 aliphatic rings. The average molecular weight is 297 g/mol. The van der Waals surface area contributed by atoms with Gasteiger partial charge in [0.2, 0.25) is 0 Å². The number of para-hydroxylation sites is 1. The molecule has 0 aliphatic carbocycles. The van der Waals surface area contributed by atoms with E-state index < -0.39 is 0 Å². The van der Waals surface area contributed by atoms with Crippen molar-refractivity contribution in [1.82, 2.24) is 0 Å². The van der Waals surface area contributed by atoms with Crippen molar-refractivity contribution in [2.75, 3.05) is 12.5 Å². The van der Waals surface area contributed by atoms with E-state index in [2.05, 4.69) is 36.7 Å². The number of nitrogens with zero attached hydrogens (tertiary/aromatic N) is 3. The summed E-state index contributed by atoms with van der Waals surface area (Å²) in [5.74, 6) is 0.710. The van der Waals surface area contributed by atoms with Crippen LogP contribution in [-0.4, -0.2) is 18.9 Å². The Balaban J connectivity index is 2.17. The monoisotopic (exact) mass is 296 g/mol. The minimum Gasteiger partial charge on any atom is -0.493 e. The second-order valence-electron chi connectivity index (χ2n) is 3.23. The van der Waals surface area contributed by atoms with E-state index in [0.29, 0.717) is 17.3 Å². The molecule has 0 bridgehead atoms. The number of carbonyl (C=O) groups is 1. The molecule has 0 atom stereocenters. The number of anilines is 1.